The largest absolute Gasteiger partial charge is 0.396 e. The van der Waals surface area contributed by atoms with Crippen molar-refractivity contribution in [3.05, 3.63) is 66.0 Å². The van der Waals surface area contributed by atoms with Gasteiger partial charge in [-0.2, -0.15) is 0 Å². The molecule has 32 heavy (non-hydrogen) atoms. The van der Waals surface area contributed by atoms with Crippen molar-refractivity contribution in [2.24, 2.45) is 0 Å². The van der Waals surface area contributed by atoms with E-state index in [1.165, 1.54) is 27.6 Å². The molecule has 4 rings (SSSR count). The third kappa shape index (κ3) is 4.72. The number of thioether (sulfide) groups is 2. The maximum absolute atomic E-state index is 13.0. The number of hydrogen-bond donors (Lipinski definition) is 1. The lowest BCUT2D eigenvalue weighted by molar-refractivity contribution is 0.0906. The molecule has 0 fully saturated rings. The van der Waals surface area contributed by atoms with Crippen molar-refractivity contribution in [3.63, 3.8) is 0 Å². The molecule has 0 radical (unpaired) electrons. The number of ketones is 2. The standard InChI is InChI=1S/C23H26N2O3S4/c1-14-16(3)31-22(24(14)12-17(27)20-6-4-10-29-20)23-25(15(2)19(32-23)8-9-26)13-18(28)21-7-5-11-30-21/h4-7,10-11,22-23,26H,8-9,12-13H2,1-3H3. The number of rotatable bonds is 9. The van der Waals surface area contributed by atoms with E-state index in [1.807, 2.05) is 41.9 Å². The number of Topliss-reactive ketones (excluding diaryl/α,β-unsaturated/α-hetero) is 2. The van der Waals surface area contributed by atoms with Gasteiger partial charge < -0.3 is 14.9 Å². The van der Waals surface area contributed by atoms with Gasteiger partial charge in [-0.15, -0.1) is 46.2 Å². The van der Waals surface area contributed by atoms with Crippen LogP contribution in [0.2, 0.25) is 0 Å². The van der Waals surface area contributed by atoms with E-state index in [4.69, 9.17) is 0 Å². The fourth-order valence-corrected chi connectivity index (χ4v) is 8.22. The lowest BCUT2D eigenvalue weighted by Crippen LogP contribution is -2.46. The van der Waals surface area contributed by atoms with E-state index in [0.29, 0.717) is 19.5 Å². The predicted octanol–water partition coefficient (Wildman–Crippen LogP) is 5.49. The Morgan fingerprint density at radius 1 is 0.875 bits per heavy atom. The van der Waals surface area contributed by atoms with Gasteiger partial charge in [-0.05, 0) is 43.7 Å². The molecule has 0 bridgehead atoms. The molecule has 0 spiro atoms. The zero-order valence-corrected chi connectivity index (χ0v) is 21.5. The van der Waals surface area contributed by atoms with Gasteiger partial charge in [-0.25, -0.2) is 0 Å². The molecule has 5 nitrogen and oxygen atoms in total. The zero-order valence-electron chi connectivity index (χ0n) is 18.2. The number of thiophene rings is 2. The second-order valence-corrected chi connectivity index (χ2v) is 12.1. The second kappa shape index (κ2) is 10.2. The van der Waals surface area contributed by atoms with Crippen molar-refractivity contribution < 1.29 is 14.7 Å². The Balaban J connectivity index is 1.59. The lowest BCUT2D eigenvalue weighted by atomic mass is 10.2. The molecule has 2 aliphatic rings. The fraction of sp³-hybridized carbons (Fsp3) is 0.391. The molecule has 170 valence electrons. The molecule has 2 aliphatic heterocycles. The molecule has 4 heterocycles. The van der Waals surface area contributed by atoms with E-state index in [0.717, 1.165) is 26.1 Å². The molecule has 0 saturated heterocycles. The molecular weight excluding hydrogens is 481 g/mol. The van der Waals surface area contributed by atoms with Crippen LogP contribution in [0.25, 0.3) is 0 Å². The van der Waals surface area contributed by atoms with E-state index >= 15 is 0 Å². The molecule has 2 unspecified atom stereocenters. The second-order valence-electron chi connectivity index (χ2n) is 7.70. The van der Waals surface area contributed by atoms with Crippen LogP contribution in [-0.2, 0) is 0 Å². The Morgan fingerprint density at radius 2 is 1.41 bits per heavy atom. The molecule has 2 atom stereocenters. The molecular formula is C23H26N2O3S4. The van der Waals surface area contributed by atoms with E-state index < -0.39 is 0 Å². The summed E-state index contributed by atoms with van der Waals surface area (Å²) < 4.78 is 0. The van der Waals surface area contributed by atoms with Crippen LogP contribution in [0.5, 0.6) is 0 Å². The summed E-state index contributed by atoms with van der Waals surface area (Å²) in [4.78, 5) is 34.1. The van der Waals surface area contributed by atoms with Crippen LogP contribution in [0.3, 0.4) is 0 Å². The number of carbonyl (C=O) groups excluding carboxylic acids is 2. The zero-order chi connectivity index (χ0) is 22.8. The monoisotopic (exact) mass is 506 g/mol. The quantitative estimate of drug-likeness (QED) is 0.451. The van der Waals surface area contributed by atoms with Gasteiger partial charge >= 0.3 is 0 Å². The Hall–Kier alpha value is -1.52. The highest BCUT2D eigenvalue weighted by Crippen LogP contribution is 2.50. The van der Waals surface area contributed by atoms with Crippen LogP contribution in [0, 0.1) is 0 Å². The van der Waals surface area contributed by atoms with Crippen LogP contribution < -0.4 is 0 Å². The molecule has 0 amide bonds. The highest BCUT2D eigenvalue weighted by molar-refractivity contribution is 8.07. The van der Waals surface area contributed by atoms with Crippen LogP contribution in [-0.4, -0.2) is 56.9 Å². The minimum atomic E-state index is -0.0194. The van der Waals surface area contributed by atoms with E-state index in [-0.39, 0.29) is 28.9 Å². The van der Waals surface area contributed by atoms with E-state index in [9.17, 15) is 14.7 Å². The first-order valence-electron chi connectivity index (χ1n) is 10.4. The smallest absolute Gasteiger partial charge is 0.192 e. The number of carbonyl (C=O) groups is 2. The van der Waals surface area contributed by atoms with Gasteiger partial charge in [0, 0.05) is 34.2 Å². The summed E-state index contributed by atoms with van der Waals surface area (Å²) in [5.41, 5.74) is 2.16. The summed E-state index contributed by atoms with van der Waals surface area (Å²) in [6, 6.07) is 7.54. The highest BCUT2D eigenvalue weighted by atomic mass is 32.2. The normalized spacial score (nSPS) is 21.2. The number of allylic oxidation sites excluding steroid dienone is 3. The van der Waals surface area contributed by atoms with E-state index in [1.54, 1.807) is 23.5 Å². The van der Waals surface area contributed by atoms with Crippen molar-refractivity contribution in [1.29, 1.82) is 0 Å². The molecule has 2 aromatic rings. The molecule has 2 aromatic heterocycles. The SMILES string of the molecule is CC1=C(C)N(CC(=O)c2cccs2)C(C2SC(CCO)=C(C)N2CC(=O)c2cccs2)S1. The third-order valence-corrected chi connectivity index (χ3v) is 10.7. The van der Waals surface area contributed by atoms with Crippen LogP contribution in [0.1, 0.15) is 46.5 Å². The molecule has 9 heteroatoms. The molecule has 0 aromatic carbocycles. The highest BCUT2D eigenvalue weighted by Gasteiger charge is 2.43. The minimum absolute atomic E-state index is 0.00573. The topological polar surface area (TPSA) is 60.9 Å². The van der Waals surface area contributed by atoms with Crippen molar-refractivity contribution in [3.8, 4) is 0 Å². The number of nitrogens with zero attached hydrogens (tertiary/aromatic N) is 2. The van der Waals surface area contributed by atoms with Crippen LogP contribution >= 0.6 is 46.2 Å². The summed E-state index contributed by atoms with van der Waals surface area (Å²) in [6.07, 6.45) is 0.577. The summed E-state index contributed by atoms with van der Waals surface area (Å²) in [5, 5.41) is 13.4. The van der Waals surface area contributed by atoms with Gasteiger partial charge in [0.1, 0.15) is 10.7 Å². The number of hydrogen-bond acceptors (Lipinski definition) is 9. The first kappa shape index (κ1) is 23.6. The first-order valence-corrected chi connectivity index (χ1v) is 13.9. The van der Waals surface area contributed by atoms with E-state index in [2.05, 4.69) is 23.6 Å². The van der Waals surface area contributed by atoms with Gasteiger partial charge in [0.15, 0.2) is 11.6 Å². The minimum Gasteiger partial charge on any atom is -0.396 e. The van der Waals surface area contributed by atoms with Gasteiger partial charge in [-0.1, -0.05) is 12.1 Å². The van der Waals surface area contributed by atoms with Gasteiger partial charge in [0.25, 0.3) is 0 Å². The van der Waals surface area contributed by atoms with Crippen molar-refractivity contribution in [2.45, 2.75) is 37.9 Å². The summed E-state index contributed by atoms with van der Waals surface area (Å²) >= 11 is 6.42. The average Bonchev–Trinajstić information content (AvgIpc) is 3.56. The average molecular weight is 507 g/mol. The van der Waals surface area contributed by atoms with Crippen molar-refractivity contribution in [2.75, 3.05) is 19.7 Å². The molecule has 0 saturated carbocycles. The van der Waals surface area contributed by atoms with Crippen molar-refractivity contribution >= 4 is 57.8 Å². The fourth-order valence-electron chi connectivity index (χ4n) is 3.89. The first-order chi connectivity index (χ1) is 15.4. The number of aliphatic hydroxyl groups is 1. The Labute approximate surface area is 205 Å². The summed E-state index contributed by atoms with van der Waals surface area (Å²) in [5.74, 6) is 0.213. The summed E-state index contributed by atoms with van der Waals surface area (Å²) in [7, 11) is 0. The maximum atomic E-state index is 13.0. The molecule has 0 aliphatic carbocycles. The van der Waals surface area contributed by atoms with Crippen molar-refractivity contribution in [1.82, 2.24) is 9.80 Å². The predicted molar refractivity (Wildman–Crippen MR) is 136 cm³/mol. The van der Waals surface area contributed by atoms with Gasteiger partial charge in [-0.3, -0.25) is 9.59 Å². The summed E-state index contributed by atoms with van der Waals surface area (Å²) in [6.45, 7) is 6.89. The van der Waals surface area contributed by atoms with Crippen LogP contribution in [0.15, 0.2) is 56.2 Å². The van der Waals surface area contributed by atoms with Crippen LogP contribution in [0.4, 0.5) is 0 Å². The molecule has 1 N–H and O–H groups in total. The maximum Gasteiger partial charge on any atom is 0.192 e. The number of aliphatic hydroxyl groups excluding tert-OH is 1. The van der Waals surface area contributed by atoms with Gasteiger partial charge in [0.05, 0.1) is 22.8 Å². The lowest BCUT2D eigenvalue weighted by Gasteiger charge is -2.36. The Kier molecular flexibility index (Phi) is 7.51. The third-order valence-electron chi connectivity index (χ3n) is 5.75. The van der Waals surface area contributed by atoms with Gasteiger partial charge in [0.2, 0.25) is 0 Å². The Morgan fingerprint density at radius 3 is 1.91 bits per heavy atom. The Bertz CT molecular complexity index is 1040.